The quantitative estimate of drug-likeness (QED) is 0.401. The molecule has 0 aromatic carbocycles. The summed E-state index contributed by atoms with van der Waals surface area (Å²) in [4.78, 5) is 14.1. The molecule has 0 spiro atoms. The fourth-order valence-corrected chi connectivity index (χ4v) is 1.19. The molecule has 0 aliphatic carbocycles. The number of hydrogen-bond acceptors (Lipinski definition) is 3. The van der Waals surface area contributed by atoms with E-state index in [0.29, 0.717) is 5.56 Å². The number of rotatable bonds is 2. The molecule has 0 unspecified atom stereocenters. The van der Waals surface area contributed by atoms with Gasteiger partial charge in [0.25, 0.3) is 5.56 Å². The van der Waals surface area contributed by atoms with E-state index in [1.165, 1.54) is 0 Å². The summed E-state index contributed by atoms with van der Waals surface area (Å²) in [6.45, 7) is 3.93. The molecule has 0 radical (unpaired) electrons. The molecule has 70 valence electrons. The molecular weight excluding hydrogens is 168 g/mol. The highest BCUT2D eigenvalue weighted by Crippen LogP contribution is 2.04. The summed E-state index contributed by atoms with van der Waals surface area (Å²) in [5.41, 5.74) is 2.24. The number of H-pyrrole nitrogens is 1. The summed E-state index contributed by atoms with van der Waals surface area (Å²) in [6, 6.07) is 1.89. The fraction of sp³-hybridized carbons (Fsp3) is 0.375. The van der Waals surface area contributed by atoms with Crippen LogP contribution < -0.4 is 11.4 Å². The highest BCUT2D eigenvalue weighted by molar-refractivity contribution is 5.24. The maximum absolute atomic E-state index is 11.4. The Balaban J connectivity index is 3.13. The summed E-state index contributed by atoms with van der Waals surface area (Å²) in [5, 5.41) is 6.68. The van der Waals surface area contributed by atoms with E-state index in [2.05, 4.69) is 15.3 Å². The van der Waals surface area contributed by atoms with Crippen LogP contribution in [0.2, 0.25) is 0 Å². The van der Waals surface area contributed by atoms with Crippen molar-refractivity contribution in [2.75, 3.05) is 0 Å². The number of nitrogens with two attached hydrogens (primary N) is 1. The van der Waals surface area contributed by atoms with E-state index in [-0.39, 0.29) is 12.1 Å². The molecule has 1 rings (SSSR count). The van der Waals surface area contributed by atoms with Crippen molar-refractivity contribution in [2.45, 2.75) is 20.4 Å². The number of aromatic amines is 1. The molecule has 1 aromatic heterocycles. The Morgan fingerprint density at radius 1 is 1.54 bits per heavy atom. The Labute approximate surface area is 75.7 Å². The van der Waals surface area contributed by atoms with Crippen molar-refractivity contribution >= 4 is 0 Å². The van der Waals surface area contributed by atoms with Crippen LogP contribution in [0.25, 0.3) is 0 Å². The molecule has 13 heavy (non-hydrogen) atoms. The molecule has 0 amide bonds. The molecule has 0 bridgehead atoms. The van der Waals surface area contributed by atoms with Gasteiger partial charge in [0.1, 0.15) is 0 Å². The molecule has 5 heteroatoms. The first-order chi connectivity index (χ1) is 6.15. The van der Waals surface area contributed by atoms with Crippen molar-refractivity contribution < 1.29 is 0 Å². The van der Waals surface area contributed by atoms with E-state index in [9.17, 15) is 4.79 Å². The Bertz CT molecular complexity index is 380. The number of aromatic nitrogens is 1. The number of pyridine rings is 1. The normalized spacial score (nSPS) is 10.9. The molecule has 3 N–H and O–H groups in total. The lowest BCUT2D eigenvalue weighted by atomic mass is 10.1. The topological polar surface area (TPSA) is 83.6 Å². The van der Waals surface area contributed by atoms with E-state index in [1.54, 1.807) is 0 Å². The van der Waals surface area contributed by atoms with Crippen molar-refractivity contribution in [3.8, 4) is 0 Å². The van der Waals surface area contributed by atoms with Crippen LogP contribution in [0.3, 0.4) is 0 Å². The zero-order valence-corrected chi connectivity index (χ0v) is 7.66. The standard InChI is InChI=1S/C8H12N4O/c1-5-3-6(2)11-8(13)7(5)4-10-12-9/h3H,4H2,1-2H3,(H2,9,10)(H,11,13). The summed E-state index contributed by atoms with van der Waals surface area (Å²) < 4.78 is 0. The predicted molar refractivity (Wildman–Crippen MR) is 49.3 cm³/mol. The van der Waals surface area contributed by atoms with E-state index in [4.69, 9.17) is 5.84 Å². The van der Waals surface area contributed by atoms with Gasteiger partial charge in [0.2, 0.25) is 0 Å². The molecule has 0 fully saturated rings. The van der Waals surface area contributed by atoms with Gasteiger partial charge in [-0.15, -0.1) is 0 Å². The third kappa shape index (κ3) is 2.14. The van der Waals surface area contributed by atoms with Gasteiger partial charge in [0, 0.05) is 11.3 Å². The molecule has 1 heterocycles. The minimum Gasteiger partial charge on any atom is -0.326 e. The SMILES string of the molecule is Cc1cc(C)c(CN=NN)c(=O)[nH]1. The second-order valence-electron chi connectivity index (χ2n) is 2.86. The van der Waals surface area contributed by atoms with Crippen LogP contribution in [0.4, 0.5) is 0 Å². The smallest absolute Gasteiger partial charge is 0.253 e. The van der Waals surface area contributed by atoms with Gasteiger partial charge < -0.3 is 10.8 Å². The summed E-state index contributed by atoms with van der Waals surface area (Å²) >= 11 is 0. The molecule has 1 aromatic rings. The van der Waals surface area contributed by atoms with Gasteiger partial charge in [-0.3, -0.25) is 4.79 Å². The molecular formula is C8H12N4O. The van der Waals surface area contributed by atoms with Gasteiger partial charge in [0.05, 0.1) is 6.54 Å². The lowest BCUT2D eigenvalue weighted by Gasteiger charge is -2.01. The number of nitrogens with one attached hydrogen (secondary N) is 1. The van der Waals surface area contributed by atoms with Crippen LogP contribution >= 0.6 is 0 Å². The number of hydrogen-bond donors (Lipinski definition) is 2. The summed E-state index contributed by atoms with van der Waals surface area (Å²) in [5.74, 6) is 4.85. The number of aryl methyl sites for hydroxylation is 2. The van der Waals surface area contributed by atoms with E-state index in [1.807, 2.05) is 19.9 Å². The second kappa shape index (κ2) is 3.84. The molecule has 5 nitrogen and oxygen atoms in total. The lowest BCUT2D eigenvalue weighted by molar-refractivity contribution is 0.867. The summed E-state index contributed by atoms with van der Waals surface area (Å²) in [7, 11) is 0. The van der Waals surface area contributed by atoms with Gasteiger partial charge >= 0.3 is 0 Å². The minimum atomic E-state index is -0.120. The average molecular weight is 180 g/mol. The van der Waals surface area contributed by atoms with Crippen LogP contribution in [0.1, 0.15) is 16.8 Å². The maximum Gasteiger partial charge on any atom is 0.253 e. The Morgan fingerprint density at radius 3 is 2.77 bits per heavy atom. The van der Waals surface area contributed by atoms with Crippen molar-refractivity contribution in [1.29, 1.82) is 0 Å². The van der Waals surface area contributed by atoms with Crippen LogP contribution in [0, 0.1) is 13.8 Å². The maximum atomic E-state index is 11.4. The predicted octanol–water partition coefficient (Wildman–Crippen LogP) is 0.818. The van der Waals surface area contributed by atoms with Crippen LogP contribution in [-0.4, -0.2) is 4.98 Å². The molecule has 0 aliphatic rings. The molecule has 0 atom stereocenters. The lowest BCUT2D eigenvalue weighted by Crippen LogP contribution is -2.14. The zero-order chi connectivity index (χ0) is 9.84. The van der Waals surface area contributed by atoms with Gasteiger partial charge in [-0.25, -0.2) is 0 Å². The molecule has 0 saturated heterocycles. The molecule has 0 aliphatic heterocycles. The van der Waals surface area contributed by atoms with Crippen LogP contribution in [0.5, 0.6) is 0 Å². The Kier molecular flexibility index (Phi) is 2.79. The summed E-state index contributed by atoms with van der Waals surface area (Å²) in [6.07, 6.45) is 0. The largest absolute Gasteiger partial charge is 0.326 e. The molecule has 0 saturated carbocycles. The van der Waals surface area contributed by atoms with E-state index >= 15 is 0 Å². The third-order valence-electron chi connectivity index (χ3n) is 1.80. The van der Waals surface area contributed by atoms with Crippen molar-refractivity contribution in [3.05, 3.63) is 33.2 Å². The average Bonchev–Trinajstić information content (AvgIpc) is 2.02. The first-order valence-corrected chi connectivity index (χ1v) is 3.91. The fourth-order valence-electron chi connectivity index (χ4n) is 1.19. The van der Waals surface area contributed by atoms with Crippen LogP contribution in [-0.2, 0) is 6.54 Å². The first-order valence-electron chi connectivity index (χ1n) is 3.91. The monoisotopic (exact) mass is 180 g/mol. The Morgan fingerprint density at radius 2 is 2.23 bits per heavy atom. The first kappa shape index (κ1) is 9.44. The highest BCUT2D eigenvalue weighted by atomic mass is 16.1. The van der Waals surface area contributed by atoms with Crippen molar-refractivity contribution in [3.63, 3.8) is 0 Å². The van der Waals surface area contributed by atoms with Crippen LogP contribution in [0.15, 0.2) is 21.2 Å². The van der Waals surface area contributed by atoms with E-state index < -0.39 is 0 Å². The van der Waals surface area contributed by atoms with E-state index in [0.717, 1.165) is 11.3 Å². The highest BCUT2D eigenvalue weighted by Gasteiger charge is 2.03. The Hall–Kier alpha value is -1.65. The second-order valence-corrected chi connectivity index (χ2v) is 2.86. The van der Waals surface area contributed by atoms with Gasteiger partial charge in [-0.1, -0.05) is 5.22 Å². The van der Waals surface area contributed by atoms with Gasteiger partial charge in [-0.05, 0) is 25.5 Å². The van der Waals surface area contributed by atoms with Crippen molar-refractivity contribution in [2.24, 2.45) is 16.2 Å². The third-order valence-corrected chi connectivity index (χ3v) is 1.80. The zero-order valence-electron chi connectivity index (χ0n) is 7.66. The number of nitrogens with zero attached hydrogens (tertiary/aromatic N) is 2. The van der Waals surface area contributed by atoms with Gasteiger partial charge in [-0.2, -0.15) is 5.11 Å². The van der Waals surface area contributed by atoms with Crippen molar-refractivity contribution in [1.82, 2.24) is 4.98 Å². The van der Waals surface area contributed by atoms with Gasteiger partial charge in [0.15, 0.2) is 0 Å². The minimum absolute atomic E-state index is 0.120.